The number of aliphatic carboxylic acids is 1. The number of carboxylic acids is 1. The molecule has 1 aliphatic carbocycles. The van der Waals surface area contributed by atoms with Crippen LogP contribution in [0.15, 0.2) is 0 Å². The molecular weight excluding hydrogens is 208 g/mol. The van der Waals surface area contributed by atoms with Crippen LogP contribution in [-0.4, -0.2) is 30.1 Å². The van der Waals surface area contributed by atoms with Crippen molar-refractivity contribution in [1.82, 2.24) is 5.32 Å². The van der Waals surface area contributed by atoms with Gasteiger partial charge >= 0.3 is 5.97 Å². The summed E-state index contributed by atoms with van der Waals surface area (Å²) in [5.74, 6) is -0.983. The Morgan fingerprint density at radius 1 is 1.50 bits per heavy atom. The number of carbonyl (C=O) groups is 2. The van der Waals surface area contributed by atoms with Crippen molar-refractivity contribution in [1.29, 1.82) is 0 Å². The highest BCUT2D eigenvalue weighted by Gasteiger charge is 2.49. The third-order valence-electron chi connectivity index (χ3n) is 3.66. The van der Waals surface area contributed by atoms with Gasteiger partial charge in [0.05, 0.1) is 10.8 Å². The number of hydrogen-bond acceptors (Lipinski definition) is 3. The second-order valence-corrected chi connectivity index (χ2v) is 4.89. The van der Waals surface area contributed by atoms with Crippen LogP contribution in [-0.2, 0) is 9.59 Å². The van der Waals surface area contributed by atoms with Gasteiger partial charge in [0.15, 0.2) is 0 Å². The van der Waals surface area contributed by atoms with Crippen molar-refractivity contribution in [2.24, 2.45) is 16.6 Å². The molecule has 0 aromatic rings. The van der Waals surface area contributed by atoms with E-state index in [0.29, 0.717) is 13.0 Å². The van der Waals surface area contributed by atoms with E-state index in [2.05, 4.69) is 5.32 Å². The summed E-state index contributed by atoms with van der Waals surface area (Å²) in [6.07, 6.45) is 2.11. The molecule has 0 bridgehead atoms. The van der Waals surface area contributed by atoms with Gasteiger partial charge in [-0.25, -0.2) is 0 Å². The monoisotopic (exact) mass is 228 g/mol. The molecule has 16 heavy (non-hydrogen) atoms. The van der Waals surface area contributed by atoms with Crippen LogP contribution in [0.3, 0.4) is 0 Å². The van der Waals surface area contributed by atoms with Gasteiger partial charge < -0.3 is 16.2 Å². The first kappa shape index (κ1) is 13.0. The van der Waals surface area contributed by atoms with E-state index in [9.17, 15) is 9.59 Å². The lowest BCUT2D eigenvalue weighted by Crippen LogP contribution is -2.44. The lowest BCUT2D eigenvalue weighted by Gasteiger charge is -2.24. The SMILES string of the molecule is CCC(C)(CNC(=O)C1(CN)CC1)C(=O)O. The number of carboxylic acid groups (broad SMARTS) is 1. The lowest BCUT2D eigenvalue weighted by atomic mass is 9.87. The number of nitrogens with one attached hydrogen (secondary N) is 1. The van der Waals surface area contributed by atoms with Crippen molar-refractivity contribution in [3.05, 3.63) is 0 Å². The zero-order chi connectivity index (χ0) is 12.4. The second-order valence-electron chi connectivity index (χ2n) is 4.89. The zero-order valence-corrected chi connectivity index (χ0v) is 9.88. The van der Waals surface area contributed by atoms with E-state index in [1.54, 1.807) is 13.8 Å². The molecule has 1 rings (SSSR count). The molecule has 0 heterocycles. The minimum atomic E-state index is -0.889. The largest absolute Gasteiger partial charge is 0.481 e. The highest BCUT2D eigenvalue weighted by atomic mass is 16.4. The number of carbonyl (C=O) groups excluding carboxylic acids is 1. The van der Waals surface area contributed by atoms with E-state index in [1.165, 1.54) is 0 Å². The van der Waals surface area contributed by atoms with Crippen LogP contribution in [0.1, 0.15) is 33.1 Å². The minimum Gasteiger partial charge on any atom is -0.481 e. The smallest absolute Gasteiger partial charge is 0.311 e. The van der Waals surface area contributed by atoms with E-state index < -0.39 is 16.8 Å². The van der Waals surface area contributed by atoms with Crippen LogP contribution < -0.4 is 11.1 Å². The summed E-state index contributed by atoms with van der Waals surface area (Å²) in [4.78, 5) is 22.8. The minimum absolute atomic E-state index is 0.101. The van der Waals surface area contributed by atoms with Crippen LogP contribution in [0, 0.1) is 10.8 Å². The molecule has 92 valence electrons. The molecule has 0 saturated heterocycles. The molecule has 0 radical (unpaired) electrons. The molecule has 1 saturated carbocycles. The standard InChI is InChI=1S/C11H20N2O3/c1-3-10(2,9(15)16)7-13-8(14)11(6-12)4-5-11/h3-7,12H2,1-2H3,(H,13,14)(H,15,16). The van der Waals surface area contributed by atoms with Crippen molar-refractivity contribution < 1.29 is 14.7 Å². The van der Waals surface area contributed by atoms with Gasteiger partial charge in [-0.2, -0.15) is 0 Å². The molecule has 0 aromatic heterocycles. The lowest BCUT2D eigenvalue weighted by molar-refractivity contribution is -0.148. The average molecular weight is 228 g/mol. The number of amides is 1. The summed E-state index contributed by atoms with van der Waals surface area (Å²) < 4.78 is 0. The predicted octanol–water partition coefficient (Wildman–Crippen LogP) is 0.342. The highest BCUT2D eigenvalue weighted by Crippen LogP contribution is 2.44. The third-order valence-corrected chi connectivity index (χ3v) is 3.66. The van der Waals surface area contributed by atoms with Crippen molar-refractivity contribution in [2.75, 3.05) is 13.1 Å². The Hall–Kier alpha value is -1.10. The van der Waals surface area contributed by atoms with E-state index in [0.717, 1.165) is 12.8 Å². The maximum Gasteiger partial charge on any atom is 0.311 e. The first-order chi connectivity index (χ1) is 7.40. The molecule has 0 aliphatic heterocycles. The van der Waals surface area contributed by atoms with Gasteiger partial charge in [-0.05, 0) is 26.2 Å². The molecule has 5 nitrogen and oxygen atoms in total. The molecule has 1 aliphatic rings. The Kier molecular flexibility index (Phi) is 3.57. The number of hydrogen-bond donors (Lipinski definition) is 3. The van der Waals surface area contributed by atoms with Gasteiger partial charge in [-0.15, -0.1) is 0 Å². The normalized spacial score (nSPS) is 20.9. The van der Waals surface area contributed by atoms with Crippen molar-refractivity contribution in [2.45, 2.75) is 33.1 Å². The fourth-order valence-electron chi connectivity index (χ4n) is 1.49. The molecule has 0 spiro atoms. The van der Waals surface area contributed by atoms with Gasteiger partial charge in [-0.3, -0.25) is 9.59 Å². The van der Waals surface area contributed by atoms with Gasteiger partial charge in [0.1, 0.15) is 0 Å². The summed E-state index contributed by atoms with van der Waals surface area (Å²) in [6.45, 7) is 3.95. The van der Waals surface area contributed by atoms with Crippen molar-refractivity contribution >= 4 is 11.9 Å². The van der Waals surface area contributed by atoms with Gasteiger partial charge in [0.25, 0.3) is 0 Å². The summed E-state index contributed by atoms with van der Waals surface area (Å²) >= 11 is 0. The summed E-state index contributed by atoms with van der Waals surface area (Å²) in [5.41, 5.74) is 4.23. The van der Waals surface area contributed by atoms with E-state index in [-0.39, 0.29) is 12.5 Å². The average Bonchev–Trinajstić information content (AvgIpc) is 3.05. The Balaban J connectivity index is 2.51. The van der Waals surface area contributed by atoms with E-state index in [1.807, 2.05) is 0 Å². The Bertz CT molecular complexity index is 300. The fraction of sp³-hybridized carbons (Fsp3) is 0.818. The molecular formula is C11H20N2O3. The summed E-state index contributed by atoms with van der Waals surface area (Å²) in [6, 6.07) is 0. The maximum absolute atomic E-state index is 11.8. The molecule has 1 fully saturated rings. The Labute approximate surface area is 95.4 Å². The van der Waals surface area contributed by atoms with Crippen LogP contribution in [0.4, 0.5) is 0 Å². The summed E-state index contributed by atoms with van der Waals surface area (Å²) in [5, 5.41) is 11.8. The van der Waals surface area contributed by atoms with Crippen LogP contribution in [0.2, 0.25) is 0 Å². The first-order valence-electron chi connectivity index (χ1n) is 5.62. The van der Waals surface area contributed by atoms with Crippen LogP contribution in [0.25, 0.3) is 0 Å². The first-order valence-corrected chi connectivity index (χ1v) is 5.62. The van der Waals surface area contributed by atoms with Gasteiger partial charge in [-0.1, -0.05) is 6.92 Å². The molecule has 1 atom stereocenters. The quantitative estimate of drug-likeness (QED) is 0.611. The molecule has 1 amide bonds. The predicted molar refractivity (Wildman–Crippen MR) is 59.8 cm³/mol. The highest BCUT2D eigenvalue weighted by molar-refractivity contribution is 5.86. The van der Waals surface area contributed by atoms with Crippen LogP contribution >= 0.6 is 0 Å². The fourth-order valence-corrected chi connectivity index (χ4v) is 1.49. The van der Waals surface area contributed by atoms with Crippen molar-refractivity contribution in [3.63, 3.8) is 0 Å². The van der Waals surface area contributed by atoms with Gasteiger partial charge in [0.2, 0.25) is 5.91 Å². The van der Waals surface area contributed by atoms with E-state index >= 15 is 0 Å². The van der Waals surface area contributed by atoms with Crippen LogP contribution in [0.5, 0.6) is 0 Å². The zero-order valence-electron chi connectivity index (χ0n) is 9.88. The second kappa shape index (κ2) is 4.41. The molecule has 1 unspecified atom stereocenters. The Morgan fingerprint density at radius 2 is 2.06 bits per heavy atom. The van der Waals surface area contributed by atoms with E-state index in [4.69, 9.17) is 10.8 Å². The Morgan fingerprint density at radius 3 is 2.38 bits per heavy atom. The topological polar surface area (TPSA) is 92.4 Å². The number of rotatable bonds is 6. The maximum atomic E-state index is 11.8. The third kappa shape index (κ3) is 2.35. The molecule has 5 heteroatoms. The van der Waals surface area contributed by atoms with Crippen molar-refractivity contribution in [3.8, 4) is 0 Å². The van der Waals surface area contributed by atoms with Gasteiger partial charge in [0, 0.05) is 13.1 Å². The summed E-state index contributed by atoms with van der Waals surface area (Å²) in [7, 11) is 0. The molecule has 4 N–H and O–H groups in total. The number of nitrogens with two attached hydrogens (primary N) is 1. The molecule has 0 aromatic carbocycles.